The van der Waals surface area contributed by atoms with Gasteiger partial charge < -0.3 is 5.32 Å². The highest BCUT2D eigenvalue weighted by Gasteiger charge is 2.14. The number of amides is 1. The Morgan fingerprint density at radius 3 is 2.93 bits per heavy atom. The molecule has 0 bridgehead atoms. The molecule has 0 spiro atoms. The molecular formula is C10H11BrFNOS. The Bertz CT molecular complexity index is 339. The summed E-state index contributed by atoms with van der Waals surface area (Å²) in [6.45, 7) is 0.542. The van der Waals surface area contributed by atoms with Gasteiger partial charge in [0.25, 0.3) is 5.91 Å². The molecule has 0 aliphatic heterocycles. The first-order chi connectivity index (χ1) is 7.16. The molecule has 1 N–H and O–H groups in total. The van der Waals surface area contributed by atoms with Gasteiger partial charge in [-0.3, -0.25) is 4.79 Å². The Morgan fingerprint density at radius 1 is 1.60 bits per heavy atom. The molecule has 0 saturated carbocycles. The van der Waals surface area contributed by atoms with E-state index in [1.807, 2.05) is 6.26 Å². The lowest BCUT2D eigenvalue weighted by Crippen LogP contribution is -2.26. The Labute approximate surface area is 101 Å². The molecule has 0 aliphatic carbocycles. The van der Waals surface area contributed by atoms with Gasteiger partial charge in [0.2, 0.25) is 0 Å². The molecule has 0 atom stereocenters. The molecule has 0 radical (unpaired) electrons. The van der Waals surface area contributed by atoms with Crippen LogP contribution in [0.4, 0.5) is 4.39 Å². The molecule has 15 heavy (non-hydrogen) atoms. The zero-order chi connectivity index (χ0) is 11.3. The summed E-state index contributed by atoms with van der Waals surface area (Å²) in [5.41, 5.74) is 0.0682. The van der Waals surface area contributed by atoms with Gasteiger partial charge in [-0.05, 0) is 34.3 Å². The van der Waals surface area contributed by atoms with Crippen molar-refractivity contribution >= 4 is 33.6 Å². The van der Waals surface area contributed by atoms with E-state index in [1.165, 1.54) is 6.07 Å². The second-order valence-corrected chi connectivity index (χ2v) is 4.69. The number of rotatable bonds is 4. The SMILES string of the molecule is CSCCNC(=O)c1c(F)cccc1Br. The van der Waals surface area contributed by atoms with E-state index in [9.17, 15) is 9.18 Å². The van der Waals surface area contributed by atoms with Crippen molar-refractivity contribution in [3.8, 4) is 0 Å². The Morgan fingerprint density at radius 2 is 2.33 bits per heavy atom. The molecule has 0 heterocycles. The van der Waals surface area contributed by atoms with Crippen LogP contribution in [-0.2, 0) is 0 Å². The second-order valence-electron chi connectivity index (χ2n) is 2.85. The van der Waals surface area contributed by atoms with E-state index >= 15 is 0 Å². The minimum Gasteiger partial charge on any atom is -0.351 e. The van der Waals surface area contributed by atoms with Crippen molar-refractivity contribution < 1.29 is 9.18 Å². The highest BCUT2D eigenvalue weighted by atomic mass is 79.9. The molecule has 0 saturated heterocycles. The van der Waals surface area contributed by atoms with E-state index in [0.29, 0.717) is 11.0 Å². The van der Waals surface area contributed by atoms with Crippen LogP contribution in [0.3, 0.4) is 0 Å². The van der Waals surface area contributed by atoms with E-state index in [2.05, 4.69) is 21.2 Å². The maximum Gasteiger partial charge on any atom is 0.255 e. The van der Waals surface area contributed by atoms with Crippen LogP contribution < -0.4 is 5.32 Å². The van der Waals surface area contributed by atoms with Crippen LogP contribution in [0.2, 0.25) is 0 Å². The van der Waals surface area contributed by atoms with Crippen LogP contribution in [0.15, 0.2) is 22.7 Å². The first-order valence-corrected chi connectivity index (χ1v) is 6.56. The number of thioether (sulfide) groups is 1. The monoisotopic (exact) mass is 291 g/mol. The number of hydrogen-bond acceptors (Lipinski definition) is 2. The number of halogens is 2. The molecule has 82 valence electrons. The smallest absolute Gasteiger partial charge is 0.255 e. The van der Waals surface area contributed by atoms with Crippen LogP contribution in [0.25, 0.3) is 0 Å². The van der Waals surface area contributed by atoms with Gasteiger partial charge in [-0.25, -0.2) is 4.39 Å². The Kier molecular flexibility index (Phi) is 5.11. The predicted molar refractivity (Wildman–Crippen MR) is 64.8 cm³/mol. The zero-order valence-electron chi connectivity index (χ0n) is 8.22. The molecule has 5 heteroatoms. The standard InChI is InChI=1S/C10H11BrFNOS/c1-15-6-5-13-10(14)9-7(11)3-2-4-8(9)12/h2-4H,5-6H2,1H3,(H,13,14). The lowest BCUT2D eigenvalue weighted by molar-refractivity contribution is 0.0951. The average molecular weight is 292 g/mol. The molecule has 0 unspecified atom stereocenters. The minimum atomic E-state index is -0.508. The summed E-state index contributed by atoms with van der Waals surface area (Å²) < 4.78 is 13.8. The van der Waals surface area contributed by atoms with Crippen molar-refractivity contribution in [1.29, 1.82) is 0 Å². The fourth-order valence-corrected chi connectivity index (χ4v) is 1.90. The van der Waals surface area contributed by atoms with Gasteiger partial charge in [0, 0.05) is 16.8 Å². The Balaban J connectivity index is 2.73. The zero-order valence-corrected chi connectivity index (χ0v) is 10.6. The van der Waals surface area contributed by atoms with Crippen molar-refractivity contribution in [2.24, 2.45) is 0 Å². The first kappa shape index (κ1) is 12.5. The predicted octanol–water partition coefficient (Wildman–Crippen LogP) is 2.68. The van der Waals surface area contributed by atoms with Crippen molar-refractivity contribution in [2.75, 3.05) is 18.6 Å². The maximum atomic E-state index is 13.3. The quantitative estimate of drug-likeness (QED) is 0.864. The summed E-state index contributed by atoms with van der Waals surface area (Å²) in [6, 6.07) is 4.47. The molecule has 1 amide bonds. The number of carbonyl (C=O) groups excluding carboxylic acids is 1. The van der Waals surface area contributed by atoms with Crippen LogP contribution in [0.5, 0.6) is 0 Å². The average Bonchev–Trinajstić information content (AvgIpc) is 2.18. The molecule has 1 aromatic carbocycles. The summed E-state index contributed by atoms with van der Waals surface area (Å²) in [5, 5.41) is 2.65. The third kappa shape index (κ3) is 3.50. The summed E-state index contributed by atoms with van der Waals surface area (Å²) in [6.07, 6.45) is 1.95. The first-order valence-electron chi connectivity index (χ1n) is 4.38. The van der Waals surface area contributed by atoms with E-state index in [-0.39, 0.29) is 11.5 Å². The summed E-state index contributed by atoms with van der Waals surface area (Å²) in [4.78, 5) is 11.6. The molecule has 0 fully saturated rings. The normalized spacial score (nSPS) is 10.1. The fraction of sp³-hybridized carbons (Fsp3) is 0.300. The molecule has 0 aromatic heterocycles. The second kappa shape index (κ2) is 6.12. The van der Waals surface area contributed by atoms with Crippen LogP contribution >= 0.6 is 27.7 Å². The fourth-order valence-electron chi connectivity index (χ4n) is 1.07. The Hall–Kier alpha value is -0.550. The molecule has 1 aromatic rings. The van der Waals surface area contributed by atoms with Crippen LogP contribution in [0, 0.1) is 5.82 Å². The van der Waals surface area contributed by atoms with E-state index in [4.69, 9.17) is 0 Å². The van der Waals surface area contributed by atoms with E-state index in [0.717, 1.165) is 5.75 Å². The van der Waals surface area contributed by atoms with Gasteiger partial charge in [-0.2, -0.15) is 11.8 Å². The highest BCUT2D eigenvalue weighted by molar-refractivity contribution is 9.10. The van der Waals surface area contributed by atoms with Crippen molar-refractivity contribution in [2.45, 2.75) is 0 Å². The topological polar surface area (TPSA) is 29.1 Å². The third-order valence-electron chi connectivity index (χ3n) is 1.78. The van der Waals surface area contributed by atoms with Crippen molar-refractivity contribution in [1.82, 2.24) is 5.32 Å². The van der Waals surface area contributed by atoms with Gasteiger partial charge >= 0.3 is 0 Å². The minimum absolute atomic E-state index is 0.0682. The number of hydrogen-bond donors (Lipinski definition) is 1. The number of benzene rings is 1. The maximum absolute atomic E-state index is 13.3. The summed E-state index contributed by atoms with van der Waals surface area (Å²) in [7, 11) is 0. The molecule has 0 aliphatic rings. The van der Waals surface area contributed by atoms with Gasteiger partial charge in [0.1, 0.15) is 5.82 Å². The van der Waals surface area contributed by atoms with Crippen LogP contribution in [-0.4, -0.2) is 24.5 Å². The van der Waals surface area contributed by atoms with Gasteiger partial charge in [0.15, 0.2) is 0 Å². The van der Waals surface area contributed by atoms with Crippen molar-refractivity contribution in [3.63, 3.8) is 0 Å². The lowest BCUT2D eigenvalue weighted by atomic mass is 10.2. The van der Waals surface area contributed by atoms with E-state index in [1.54, 1.807) is 23.9 Å². The lowest BCUT2D eigenvalue weighted by Gasteiger charge is -2.06. The van der Waals surface area contributed by atoms with Crippen molar-refractivity contribution in [3.05, 3.63) is 34.1 Å². The number of nitrogens with one attached hydrogen (secondary N) is 1. The summed E-state index contributed by atoms with van der Waals surface area (Å²) in [5.74, 6) is -0.0716. The molecule has 2 nitrogen and oxygen atoms in total. The number of carbonyl (C=O) groups is 1. The van der Waals surface area contributed by atoms with Gasteiger partial charge in [0.05, 0.1) is 5.56 Å². The van der Waals surface area contributed by atoms with Crippen LogP contribution in [0.1, 0.15) is 10.4 Å². The largest absolute Gasteiger partial charge is 0.351 e. The third-order valence-corrected chi connectivity index (χ3v) is 3.05. The highest BCUT2D eigenvalue weighted by Crippen LogP contribution is 2.19. The van der Waals surface area contributed by atoms with Gasteiger partial charge in [-0.15, -0.1) is 0 Å². The molecule has 1 rings (SSSR count). The van der Waals surface area contributed by atoms with E-state index < -0.39 is 5.82 Å². The summed E-state index contributed by atoms with van der Waals surface area (Å²) >= 11 is 4.78. The molecular weight excluding hydrogens is 281 g/mol. The van der Waals surface area contributed by atoms with Gasteiger partial charge in [-0.1, -0.05) is 6.07 Å².